The van der Waals surface area contributed by atoms with Crippen LogP contribution in [0.15, 0.2) is 0 Å². The maximum absolute atomic E-state index is 5.68. The van der Waals surface area contributed by atoms with Crippen molar-refractivity contribution in [3.8, 4) is 0 Å². The van der Waals surface area contributed by atoms with Crippen LogP contribution in [0.3, 0.4) is 0 Å². The Hall–Kier alpha value is -1.23. The molecule has 0 bridgehead atoms. The Morgan fingerprint density at radius 2 is 2.00 bits per heavy atom. The van der Waals surface area contributed by atoms with Crippen LogP contribution >= 0.6 is 0 Å². The van der Waals surface area contributed by atoms with Crippen molar-refractivity contribution >= 4 is 5.95 Å². The van der Waals surface area contributed by atoms with Gasteiger partial charge in [-0.05, 0) is 19.8 Å². The van der Waals surface area contributed by atoms with E-state index < -0.39 is 0 Å². The quantitative estimate of drug-likeness (QED) is 0.838. The van der Waals surface area contributed by atoms with Crippen molar-refractivity contribution in [3.05, 3.63) is 11.6 Å². The fourth-order valence-electron chi connectivity index (χ4n) is 2.08. The Morgan fingerprint density at radius 3 is 2.69 bits per heavy atom. The number of aromatic nitrogens is 3. The molecule has 0 spiro atoms. The summed E-state index contributed by atoms with van der Waals surface area (Å²) in [6.07, 6.45) is 4.85. The predicted molar refractivity (Wildman–Crippen MR) is 60.8 cm³/mol. The highest BCUT2D eigenvalue weighted by Gasteiger charge is 2.20. The van der Waals surface area contributed by atoms with Gasteiger partial charge in [0.1, 0.15) is 12.4 Å². The molecule has 1 aliphatic rings. The molecule has 1 heterocycles. The van der Waals surface area contributed by atoms with Crippen LogP contribution in [0.2, 0.25) is 0 Å². The van der Waals surface area contributed by atoms with E-state index in [0.29, 0.717) is 30.9 Å². The molecule has 88 valence electrons. The summed E-state index contributed by atoms with van der Waals surface area (Å²) in [6, 6.07) is 0. The third-order valence-corrected chi connectivity index (χ3v) is 2.87. The molecule has 0 aliphatic heterocycles. The number of anilines is 1. The lowest BCUT2D eigenvalue weighted by Gasteiger charge is -2.09. The number of nitrogen functional groups attached to an aromatic ring is 1. The average molecular weight is 222 g/mol. The van der Waals surface area contributed by atoms with E-state index in [4.69, 9.17) is 10.5 Å². The van der Waals surface area contributed by atoms with Crippen LogP contribution < -0.4 is 5.73 Å². The Labute approximate surface area is 95.5 Å². The van der Waals surface area contributed by atoms with Gasteiger partial charge in [0, 0.05) is 12.5 Å². The smallest absolute Gasteiger partial charge is 0.223 e. The Bertz CT molecular complexity index is 350. The van der Waals surface area contributed by atoms with E-state index >= 15 is 0 Å². The Balaban J connectivity index is 2.14. The molecule has 2 N–H and O–H groups in total. The molecule has 0 aromatic carbocycles. The van der Waals surface area contributed by atoms with Gasteiger partial charge in [0.15, 0.2) is 5.82 Å². The fraction of sp³-hybridized carbons (Fsp3) is 0.727. The molecule has 1 aliphatic carbocycles. The molecule has 0 unspecified atom stereocenters. The Morgan fingerprint density at radius 1 is 1.25 bits per heavy atom. The maximum Gasteiger partial charge on any atom is 0.223 e. The van der Waals surface area contributed by atoms with Crippen LogP contribution in [-0.4, -0.2) is 21.6 Å². The first kappa shape index (κ1) is 11.3. The van der Waals surface area contributed by atoms with Crippen molar-refractivity contribution in [2.24, 2.45) is 0 Å². The molecule has 0 saturated heterocycles. The average Bonchev–Trinajstić information content (AvgIpc) is 2.79. The van der Waals surface area contributed by atoms with Crippen molar-refractivity contribution < 1.29 is 4.74 Å². The molecule has 5 heteroatoms. The van der Waals surface area contributed by atoms with Gasteiger partial charge in [0.25, 0.3) is 0 Å². The van der Waals surface area contributed by atoms with Gasteiger partial charge in [-0.15, -0.1) is 0 Å². The SMILES string of the molecule is CCOCc1nc(N)nc(C2CCCC2)n1. The number of rotatable bonds is 4. The van der Waals surface area contributed by atoms with E-state index in [9.17, 15) is 0 Å². The van der Waals surface area contributed by atoms with Crippen molar-refractivity contribution in [2.45, 2.75) is 45.1 Å². The lowest BCUT2D eigenvalue weighted by atomic mass is 10.1. The molecule has 5 nitrogen and oxygen atoms in total. The molecule has 1 fully saturated rings. The minimum atomic E-state index is 0.312. The number of nitrogens with two attached hydrogens (primary N) is 1. The lowest BCUT2D eigenvalue weighted by molar-refractivity contribution is 0.128. The first-order valence-corrected chi connectivity index (χ1v) is 5.87. The van der Waals surface area contributed by atoms with Crippen molar-refractivity contribution in [3.63, 3.8) is 0 Å². The van der Waals surface area contributed by atoms with Gasteiger partial charge in [-0.3, -0.25) is 0 Å². The van der Waals surface area contributed by atoms with Crippen LogP contribution in [0.5, 0.6) is 0 Å². The fourth-order valence-corrected chi connectivity index (χ4v) is 2.08. The van der Waals surface area contributed by atoms with E-state index in [2.05, 4.69) is 15.0 Å². The van der Waals surface area contributed by atoms with Crippen LogP contribution in [0, 0.1) is 0 Å². The summed E-state index contributed by atoms with van der Waals surface area (Å²) in [6.45, 7) is 3.02. The zero-order chi connectivity index (χ0) is 11.4. The molecule has 16 heavy (non-hydrogen) atoms. The summed E-state index contributed by atoms with van der Waals surface area (Å²) < 4.78 is 5.28. The highest BCUT2D eigenvalue weighted by molar-refractivity contribution is 5.17. The van der Waals surface area contributed by atoms with Crippen LogP contribution in [0.4, 0.5) is 5.95 Å². The van der Waals surface area contributed by atoms with Gasteiger partial charge >= 0.3 is 0 Å². The summed E-state index contributed by atoms with van der Waals surface area (Å²) in [5.41, 5.74) is 5.68. The molecule has 1 saturated carbocycles. The second kappa shape index (κ2) is 5.21. The molecule has 0 atom stereocenters. The minimum Gasteiger partial charge on any atom is -0.374 e. The van der Waals surface area contributed by atoms with E-state index in [0.717, 1.165) is 18.7 Å². The topological polar surface area (TPSA) is 73.9 Å². The van der Waals surface area contributed by atoms with E-state index in [1.165, 1.54) is 12.8 Å². The lowest BCUT2D eigenvalue weighted by Crippen LogP contribution is -2.10. The van der Waals surface area contributed by atoms with Gasteiger partial charge in [-0.25, -0.2) is 4.98 Å². The normalized spacial score (nSPS) is 16.8. The number of hydrogen-bond donors (Lipinski definition) is 1. The van der Waals surface area contributed by atoms with Gasteiger partial charge in [-0.2, -0.15) is 9.97 Å². The van der Waals surface area contributed by atoms with Gasteiger partial charge in [0.05, 0.1) is 0 Å². The first-order valence-electron chi connectivity index (χ1n) is 5.87. The number of ether oxygens (including phenoxy) is 1. The van der Waals surface area contributed by atoms with Crippen LogP contribution in [0.1, 0.15) is 50.2 Å². The van der Waals surface area contributed by atoms with Crippen LogP contribution in [-0.2, 0) is 11.3 Å². The second-order valence-electron chi connectivity index (χ2n) is 4.09. The van der Waals surface area contributed by atoms with Crippen molar-refractivity contribution in [1.82, 2.24) is 15.0 Å². The maximum atomic E-state index is 5.68. The zero-order valence-electron chi connectivity index (χ0n) is 9.65. The van der Waals surface area contributed by atoms with Gasteiger partial charge in [0.2, 0.25) is 5.95 Å². The molecule has 2 rings (SSSR count). The predicted octanol–water partition coefficient (Wildman–Crippen LogP) is 1.65. The van der Waals surface area contributed by atoms with Crippen molar-refractivity contribution in [2.75, 3.05) is 12.3 Å². The molecular formula is C11H18N4O. The summed E-state index contributed by atoms with van der Waals surface area (Å²) in [5.74, 6) is 2.27. The van der Waals surface area contributed by atoms with Gasteiger partial charge in [-0.1, -0.05) is 12.8 Å². The third kappa shape index (κ3) is 2.66. The summed E-state index contributed by atoms with van der Waals surface area (Å²) in [5, 5.41) is 0. The van der Waals surface area contributed by atoms with E-state index in [1.54, 1.807) is 0 Å². The minimum absolute atomic E-state index is 0.312. The van der Waals surface area contributed by atoms with Gasteiger partial charge < -0.3 is 10.5 Å². The zero-order valence-corrected chi connectivity index (χ0v) is 9.65. The molecule has 1 aromatic heterocycles. The number of hydrogen-bond acceptors (Lipinski definition) is 5. The summed E-state index contributed by atoms with van der Waals surface area (Å²) in [7, 11) is 0. The molecule has 1 aromatic rings. The third-order valence-electron chi connectivity index (χ3n) is 2.87. The molecule has 0 radical (unpaired) electrons. The van der Waals surface area contributed by atoms with Crippen LogP contribution in [0.25, 0.3) is 0 Å². The van der Waals surface area contributed by atoms with Crippen molar-refractivity contribution in [1.29, 1.82) is 0 Å². The standard InChI is InChI=1S/C11H18N4O/c1-2-16-7-9-13-10(15-11(12)14-9)8-5-3-4-6-8/h8H,2-7H2,1H3,(H2,12,13,14,15). The molecular weight excluding hydrogens is 204 g/mol. The molecule has 0 amide bonds. The largest absolute Gasteiger partial charge is 0.374 e. The first-order chi connectivity index (χ1) is 7.79. The summed E-state index contributed by atoms with van der Waals surface area (Å²) >= 11 is 0. The number of nitrogens with zero attached hydrogens (tertiary/aromatic N) is 3. The highest BCUT2D eigenvalue weighted by Crippen LogP contribution is 2.32. The second-order valence-corrected chi connectivity index (χ2v) is 4.09. The van der Waals surface area contributed by atoms with E-state index in [-0.39, 0.29) is 0 Å². The summed E-state index contributed by atoms with van der Waals surface area (Å²) in [4.78, 5) is 12.7. The van der Waals surface area contributed by atoms with E-state index in [1.807, 2.05) is 6.92 Å². The monoisotopic (exact) mass is 222 g/mol. The highest BCUT2D eigenvalue weighted by atomic mass is 16.5. The Kier molecular flexibility index (Phi) is 3.66.